The lowest BCUT2D eigenvalue weighted by Gasteiger charge is -2.45. The molecule has 204 valence electrons. The highest BCUT2D eigenvalue weighted by Crippen LogP contribution is 2.39. The zero-order chi connectivity index (χ0) is 26.7. The Morgan fingerprint density at radius 3 is 2.54 bits per heavy atom. The molecule has 3 heterocycles. The number of aromatic amines is 1. The Morgan fingerprint density at radius 1 is 1.19 bits per heavy atom. The van der Waals surface area contributed by atoms with Gasteiger partial charge >= 0.3 is 6.18 Å². The van der Waals surface area contributed by atoms with Gasteiger partial charge in [0.2, 0.25) is 5.95 Å². The van der Waals surface area contributed by atoms with Gasteiger partial charge in [-0.05, 0) is 45.1 Å². The Hall–Kier alpha value is -2.77. The third kappa shape index (κ3) is 6.76. The molecule has 0 spiro atoms. The molecular weight excluding hydrogens is 491 g/mol. The number of nitrogens with zero attached hydrogens (tertiary/aromatic N) is 5. The molecule has 2 fully saturated rings. The van der Waals surface area contributed by atoms with E-state index in [0.717, 1.165) is 6.20 Å². The lowest BCUT2D eigenvalue weighted by atomic mass is 10.1. The first-order chi connectivity index (χ1) is 17.5. The molecule has 4 atom stereocenters. The maximum atomic E-state index is 13.2. The number of aliphatic hydroxyl groups is 1. The average Bonchev–Trinajstić information content (AvgIpc) is 3.68. The van der Waals surface area contributed by atoms with Crippen molar-refractivity contribution in [2.24, 2.45) is 0 Å². The molecule has 2 aromatic heterocycles. The molecule has 37 heavy (non-hydrogen) atoms. The Balaban J connectivity index is 1.22. The zero-order valence-corrected chi connectivity index (χ0v) is 21.2. The summed E-state index contributed by atoms with van der Waals surface area (Å²) in [5.41, 5.74) is -1.84. The van der Waals surface area contributed by atoms with Crippen molar-refractivity contribution in [2.75, 3.05) is 36.5 Å². The Morgan fingerprint density at radius 2 is 1.89 bits per heavy atom. The third-order valence-corrected chi connectivity index (χ3v) is 6.81. The highest BCUT2D eigenvalue weighted by molar-refractivity contribution is 5.50. The second-order valence-corrected chi connectivity index (χ2v) is 10.0. The van der Waals surface area contributed by atoms with E-state index in [1.165, 1.54) is 18.4 Å². The summed E-state index contributed by atoms with van der Waals surface area (Å²) in [5.74, 6) is 1.31. The number of piperazine rings is 1. The van der Waals surface area contributed by atoms with Crippen LogP contribution in [-0.2, 0) is 10.9 Å². The molecule has 0 aromatic carbocycles. The van der Waals surface area contributed by atoms with Crippen molar-refractivity contribution in [3.8, 4) is 0 Å². The number of ether oxygens (including phenoxy) is 1. The van der Waals surface area contributed by atoms with Crippen LogP contribution in [0.3, 0.4) is 0 Å². The minimum absolute atomic E-state index is 0.0583. The number of anilines is 2. The van der Waals surface area contributed by atoms with E-state index in [0.29, 0.717) is 31.4 Å². The van der Waals surface area contributed by atoms with E-state index in [9.17, 15) is 23.1 Å². The van der Waals surface area contributed by atoms with Crippen molar-refractivity contribution in [3.63, 3.8) is 0 Å². The summed E-state index contributed by atoms with van der Waals surface area (Å²) >= 11 is 0. The van der Waals surface area contributed by atoms with Crippen molar-refractivity contribution >= 4 is 11.6 Å². The fraction of sp³-hybridized carbons (Fsp3) is 0.667. The summed E-state index contributed by atoms with van der Waals surface area (Å²) in [6, 6.07) is -0.355. The molecule has 4 rings (SSSR count). The van der Waals surface area contributed by atoms with Gasteiger partial charge in [-0.15, -0.1) is 0 Å². The molecule has 1 unspecified atom stereocenters. The minimum Gasteiger partial charge on any atom is -0.379 e. The molecule has 2 aliphatic rings. The molecule has 10 nitrogen and oxygen atoms in total. The Bertz CT molecular complexity index is 1090. The first-order valence-corrected chi connectivity index (χ1v) is 12.6. The standard InChI is InChI=1S/C24H34F3N7O3/c1-14(31-19-10-30-32-22(36)21(19)24(25,26)27)13-37-7-6-20(35)33-11-16(3)34(12-15(33)2)23-28-8-18(9-29-23)17-4-5-17/h8-10,14-17,20,35H,4-7,11-13H2,1-3H3,(H2,31,32,36)/t14-,15+,16-,20?/m0/s1. The molecular formula is C24H34F3N7O3. The van der Waals surface area contributed by atoms with Crippen LogP contribution in [0.25, 0.3) is 0 Å². The molecule has 2 aromatic rings. The van der Waals surface area contributed by atoms with Crippen LogP contribution in [0.15, 0.2) is 23.4 Å². The van der Waals surface area contributed by atoms with Crippen molar-refractivity contribution in [3.05, 3.63) is 40.1 Å². The Kier molecular flexibility index (Phi) is 8.34. The number of hydrogen-bond donors (Lipinski definition) is 3. The van der Waals surface area contributed by atoms with Crippen molar-refractivity contribution in [1.29, 1.82) is 0 Å². The maximum Gasteiger partial charge on any atom is 0.423 e. The number of aliphatic hydroxyl groups excluding tert-OH is 1. The molecule has 1 aliphatic heterocycles. The summed E-state index contributed by atoms with van der Waals surface area (Å²) in [6.45, 7) is 7.37. The highest BCUT2D eigenvalue weighted by atomic mass is 19.4. The molecule has 0 radical (unpaired) electrons. The normalized spacial score (nSPS) is 22.6. The molecule has 1 aliphatic carbocycles. The van der Waals surface area contributed by atoms with Crippen molar-refractivity contribution in [2.45, 2.75) is 76.5 Å². The van der Waals surface area contributed by atoms with Crippen LogP contribution >= 0.6 is 0 Å². The lowest BCUT2D eigenvalue weighted by Crippen LogP contribution is -2.59. The van der Waals surface area contributed by atoms with Gasteiger partial charge in [-0.1, -0.05) is 0 Å². The largest absolute Gasteiger partial charge is 0.423 e. The average molecular weight is 526 g/mol. The van der Waals surface area contributed by atoms with Gasteiger partial charge < -0.3 is 20.1 Å². The number of halogens is 3. The minimum atomic E-state index is -4.81. The highest BCUT2D eigenvalue weighted by Gasteiger charge is 2.38. The number of nitrogens with one attached hydrogen (secondary N) is 2. The van der Waals surface area contributed by atoms with Gasteiger partial charge in [0.05, 0.1) is 25.1 Å². The van der Waals surface area contributed by atoms with Gasteiger partial charge in [0.15, 0.2) is 0 Å². The number of hydrogen-bond acceptors (Lipinski definition) is 9. The maximum absolute atomic E-state index is 13.2. The molecule has 1 saturated heterocycles. The van der Waals surface area contributed by atoms with E-state index >= 15 is 0 Å². The van der Waals surface area contributed by atoms with Crippen molar-refractivity contribution in [1.82, 2.24) is 25.1 Å². The summed E-state index contributed by atoms with van der Waals surface area (Å²) in [5, 5.41) is 18.7. The topological polar surface area (TPSA) is 120 Å². The summed E-state index contributed by atoms with van der Waals surface area (Å²) in [6.07, 6.45) is 1.98. The lowest BCUT2D eigenvalue weighted by molar-refractivity contribution is -0.138. The predicted molar refractivity (Wildman–Crippen MR) is 131 cm³/mol. The van der Waals surface area contributed by atoms with Gasteiger partial charge in [-0.25, -0.2) is 15.1 Å². The van der Waals surface area contributed by atoms with Gasteiger partial charge in [0, 0.05) is 50.0 Å². The second-order valence-electron chi connectivity index (χ2n) is 10.0. The summed E-state index contributed by atoms with van der Waals surface area (Å²) in [4.78, 5) is 24.9. The van der Waals surface area contributed by atoms with Crippen LogP contribution in [0.2, 0.25) is 0 Å². The van der Waals surface area contributed by atoms with E-state index in [4.69, 9.17) is 4.74 Å². The van der Waals surface area contributed by atoms with Crippen LogP contribution in [0.4, 0.5) is 24.8 Å². The summed E-state index contributed by atoms with van der Waals surface area (Å²) < 4.78 is 45.2. The van der Waals surface area contributed by atoms with E-state index in [-0.39, 0.29) is 25.3 Å². The first-order valence-electron chi connectivity index (χ1n) is 12.6. The van der Waals surface area contributed by atoms with Crippen LogP contribution in [0.5, 0.6) is 0 Å². The number of rotatable bonds is 10. The smallest absolute Gasteiger partial charge is 0.379 e. The van der Waals surface area contributed by atoms with Crippen LogP contribution in [-0.4, -0.2) is 80.8 Å². The van der Waals surface area contributed by atoms with E-state index in [1.807, 2.05) is 24.2 Å². The van der Waals surface area contributed by atoms with Gasteiger partial charge in [-0.2, -0.15) is 18.3 Å². The second kappa shape index (κ2) is 11.3. The van der Waals surface area contributed by atoms with Crippen LogP contribution in [0, 0.1) is 0 Å². The summed E-state index contributed by atoms with van der Waals surface area (Å²) in [7, 11) is 0. The quantitative estimate of drug-likeness (QED) is 0.402. The number of aromatic nitrogens is 4. The van der Waals surface area contributed by atoms with Gasteiger partial charge in [0.25, 0.3) is 5.56 Å². The molecule has 13 heteroatoms. The van der Waals surface area contributed by atoms with Gasteiger partial charge in [0.1, 0.15) is 11.8 Å². The molecule has 3 N–H and O–H groups in total. The number of alkyl halides is 3. The third-order valence-electron chi connectivity index (χ3n) is 6.81. The first kappa shape index (κ1) is 27.3. The molecule has 1 saturated carbocycles. The van der Waals surface area contributed by atoms with Crippen LogP contribution < -0.4 is 15.8 Å². The van der Waals surface area contributed by atoms with E-state index in [1.54, 1.807) is 12.0 Å². The zero-order valence-electron chi connectivity index (χ0n) is 21.2. The van der Waals surface area contributed by atoms with Gasteiger partial charge in [-0.3, -0.25) is 9.69 Å². The predicted octanol–water partition coefficient (Wildman–Crippen LogP) is 2.58. The molecule has 0 bridgehead atoms. The Labute approximate surface area is 213 Å². The van der Waals surface area contributed by atoms with Crippen molar-refractivity contribution < 1.29 is 23.0 Å². The van der Waals surface area contributed by atoms with Crippen LogP contribution in [0.1, 0.15) is 57.1 Å². The monoisotopic (exact) mass is 525 g/mol. The fourth-order valence-electron chi connectivity index (χ4n) is 4.67. The van der Waals surface area contributed by atoms with E-state index < -0.39 is 35.3 Å². The fourth-order valence-corrected chi connectivity index (χ4v) is 4.67. The number of H-pyrrole nitrogens is 1. The molecule has 0 amide bonds. The SMILES string of the molecule is C[C@@H]1CN(c2ncc(C3CC3)cn2)[C@@H](C)CN1C(O)CCOC[C@H](C)Nc1cn[nH]c(=O)c1C(F)(F)F. The van der Waals surface area contributed by atoms with E-state index in [2.05, 4.69) is 32.2 Å².